The van der Waals surface area contributed by atoms with Crippen molar-refractivity contribution < 1.29 is 14.4 Å². The Balaban J connectivity index is 1.42. The molecule has 1 aliphatic heterocycles. The number of amides is 3. The Kier molecular flexibility index (Phi) is 4.65. The molecule has 4 rings (SSSR count). The Morgan fingerprint density at radius 2 is 1.89 bits per heavy atom. The lowest BCUT2D eigenvalue weighted by Crippen LogP contribution is -2.35. The standard InChI is InChI=1S/C19H20N4O3S/c1-11(24)20-14-6-4-13(5-7-14)18(26)23-9-8-15-16(10-23)27-19(21-15)22-17(25)12-2-3-12/h4-7,12H,2-3,8-10H2,1H3,(H,20,24)(H,21,22,25). The lowest BCUT2D eigenvalue weighted by atomic mass is 10.1. The van der Waals surface area contributed by atoms with Crippen LogP contribution in [0.1, 0.15) is 40.7 Å². The second-order valence-electron chi connectivity index (χ2n) is 6.89. The lowest BCUT2D eigenvalue weighted by molar-refractivity contribution is -0.117. The number of nitrogens with one attached hydrogen (secondary N) is 2. The molecule has 2 heterocycles. The fourth-order valence-electron chi connectivity index (χ4n) is 3.06. The molecule has 140 valence electrons. The highest BCUT2D eigenvalue weighted by molar-refractivity contribution is 7.15. The number of thiazole rings is 1. The minimum Gasteiger partial charge on any atom is -0.333 e. The molecule has 0 unspecified atom stereocenters. The zero-order valence-corrected chi connectivity index (χ0v) is 15.8. The molecule has 2 aliphatic rings. The van der Waals surface area contributed by atoms with Crippen molar-refractivity contribution in [2.45, 2.75) is 32.7 Å². The van der Waals surface area contributed by atoms with Crippen molar-refractivity contribution in [3.8, 4) is 0 Å². The first-order valence-corrected chi connectivity index (χ1v) is 9.77. The summed E-state index contributed by atoms with van der Waals surface area (Å²) < 4.78 is 0. The van der Waals surface area contributed by atoms with Gasteiger partial charge >= 0.3 is 0 Å². The average molecular weight is 384 g/mol. The van der Waals surface area contributed by atoms with Crippen LogP contribution in [0.3, 0.4) is 0 Å². The summed E-state index contributed by atoms with van der Waals surface area (Å²) in [6.07, 6.45) is 2.60. The van der Waals surface area contributed by atoms with Gasteiger partial charge in [-0.2, -0.15) is 0 Å². The highest BCUT2D eigenvalue weighted by atomic mass is 32.1. The van der Waals surface area contributed by atoms with E-state index >= 15 is 0 Å². The van der Waals surface area contributed by atoms with Gasteiger partial charge in [0.2, 0.25) is 11.8 Å². The Morgan fingerprint density at radius 3 is 2.56 bits per heavy atom. The molecular weight excluding hydrogens is 364 g/mol. The Bertz CT molecular complexity index is 902. The van der Waals surface area contributed by atoms with Crippen LogP contribution >= 0.6 is 11.3 Å². The van der Waals surface area contributed by atoms with Crippen LogP contribution in [0, 0.1) is 5.92 Å². The van der Waals surface area contributed by atoms with Crippen molar-refractivity contribution in [2.24, 2.45) is 5.92 Å². The molecule has 1 aromatic carbocycles. The van der Waals surface area contributed by atoms with E-state index in [4.69, 9.17) is 0 Å². The summed E-state index contributed by atoms with van der Waals surface area (Å²) >= 11 is 1.45. The fourth-order valence-corrected chi connectivity index (χ4v) is 4.08. The molecule has 1 saturated carbocycles. The Labute approximate surface area is 160 Å². The van der Waals surface area contributed by atoms with Crippen LogP contribution in [0.5, 0.6) is 0 Å². The molecule has 1 aliphatic carbocycles. The van der Waals surface area contributed by atoms with Crippen LogP contribution in [-0.2, 0) is 22.6 Å². The smallest absolute Gasteiger partial charge is 0.254 e. The first kappa shape index (κ1) is 17.7. The zero-order chi connectivity index (χ0) is 19.0. The largest absolute Gasteiger partial charge is 0.333 e. The second-order valence-corrected chi connectivity index (χ2v) is 7.97. The molecule has 0 spiro atoms. The number of rotatable bonds is 4. The third-order valence-electron chi connectivity index (χ3n) is 4.65. The summed E-state index contributed by atoms with van der Waals surface area (Å²) in [6.45, 7) is 2.54. The normalized spacial score (nSPS) is 15.8. The molecule has 0 saturated heterocycles. The number of carbonyl (C=O) groups excluding carboxylic acids is 3. The summed E-state index contributed by atoms with van der Waals surface area (Å²) in [5.74, 6) is -0.00263. The Morgan fingerprint density at radius 1 is 1.15 bits per heavy atom. The molecule has 0 radical (unpaired) electrons. The number of benzene rings is 1. The average Bonchev–Trinajstić information content (AvgIpc) is 3.41. The summed E-state index contributed by atoms with van der Waals surface area (Å²) in [4.78, 5) is 43.1. The molecule has 8 heteroatoms. The van der Waals surface area contributed by atoms with Gasteiger partial charge < -0.3 is 15.5 Å². The van der Waals surface area contributed by atoms with Crippen molar-refractivity contribution in [2.75, 3.05) is 17.2 Å². The summed E-state index contributed by atoms with van der Waals surface area (Å²) in [5.41, 5.74) is 2.22. The number of hydrogen-bond donors (Lipinski definition) is 2. The number of fused-ring (bicyclic) bond motifs is 1. The topological polar surface area (TPSA) is 91.4 Å². The number of nitrogens with zero attached hydrogens (tertiary/aromatic N) is 2. The van der Waals surface area contributed by atoms with Gasteiger partial charge in [-0.05, 0) is 37.1 Å². The first-order valence-electron chi connectivity index (χ1n) is 8.96. The van der Waals surface area contributed by atoms with E-state index in [1.165, 1.54) is 18.3 Å². The van der Waals surface area contributed by atoms with Gasteiger partial charge in [0, 0.05) is 41.9 Å². The van der Waals surface area contributed by atoms with E-state index in [0.29, 0.717) is 35.9 Å². The van der Waals surface area contributed by atoms with Crippen LogP contribution in [0.4, 0.5) is 10.8 Å². The van der Waals surface area contributed by atoms with Crippen molar-refractivity contribution in [3.63, 3.8) is 0 Å². The predicted octanol–water partition coefficient (Wildman–Crippen LogP) is 2.65. The van der Waals surface area contributed by atoms with E-state index in [0.717, 1.165) is 23.4 Å². The van der Waals surface area contributed by atoms with Gasteiger partial charge in [0.25, 0.3) is 5.91 Å². The van der Waals surface area contributed by atoms with Gasteiger partial charge in [-0.25, -0.2) is 4.98 Å². The number of carbonyl (C=O) groups is 3. The van der Waals surface area contributed by atoms with Crippen LogP contribution in [0.25, 0.3) is 0 Å². The molecule has 1 fully saturated rings. The third-order valence-corrected chi connectivity index (χ3v) is 5.65. The van der Waals surface area contributed by atoms with Crippen LogP contribution < -0.4 is 10.6 Å². The maximum Gasteiger partial charge on any atom is 0.254 e. The molecule has 0 bridgehead atoms. The maximum absolute atomic E-state index is 12.8. The fraction of sp³-hybridized carbons (Fsp3) is 0.368. The van der Waals surface area contributed by atoms with Gasteiger partial charge in [0.1, 0.15) is 0 Å². The SMILES string of the molecule is CC(=O)Nc1ccc(C(=O)N2CCc3nc(NC(=O)C4CC4)sc3C2)cc1. The van der Waals surface area contributed by atoms with E-state index in [-0.39, 0.29) is 23.6 Å². The zero-order valence-electron chi connectivity index (χ0n) is 14.9. The number of hydrogen-bond acceptors (Lipinski definition) is 5. The molecular formula is C19H20N4O3S. The molecule has 3 amide bonds. The highest BCUT2D eigenvalue weighted by Gasteiger charge is 2.31. The minimum absolute atomic E-state index is 0.0491. The van der Waals surface area contributed by atoms with Crippen LogP contribution in [-0.4, -0.2) is 34.2 Å². The predicted molar refractivity (Wildman–Crippen MR) is 103 cm³/mol. The maximum atomic E-state index is 12.8. The monoisotopic (exact) mass is 384 g/mol. The van der Waals surface area contributed by atoms with Gasteiger partial charge in [-0.3, -0.25) is 14.4 Å². The number of anilines is 2. The number of aromatic nitrogens is 1. The van der Waals surface area contributed by atoms with Gasteiger partial charge in [0.05, 0.1) is 12.2 Å². The van der Waals surface area contributed by atoms with Gasteiger partial charge in [-0.15, -0.1) is 0 Å². The molecule has 27 heavy (non-hydrogen) atoms. The molecule has 7 nitrogen and oxygen atoms in total. The lowest BCUT2D eigenvalue weighted by Gasteiger charge is -2.26. The molecule has 1 aromatic heterocycles. The summed E-state index contributed by atoms with van der Waals surface area (Å²) in [6, 6.07) is 6.89. The van der Waals surface area contributed by atoms with E-state index in [1.54, 1.807) is 29.2 Å². The quantitative estimate of drug-likeness (QED) is 0.848. The van der Waals surface area contributed by atoms with Gasteiger partial charge in [0.15, 0.2) is 5.13 Å². The van der Waals surface area contributed by atoms with Crippen molar-refractivity contribution >= 4 is 39.9 Å². The first-order chi connectivity index (χ1) is 13.0. The molecule has 2 N–H and O–H groups in total. The van der Waals surface area contributed by atoms with Crippen LogP contribution in [0.15, 0.2) is 24.3 Å². The van der Waals surface area contributed by atoms with E-state index in [9.17, 15) is 14.4 Å². The molecule has 2 aromatic rings. The van der Waals surface area contributed by atoms with Crippen molar-refractivity contribution in [1.82, 2.24) is 9.88 Å². The van der Waals surface area contributed by atoms with Crippen LogP contribution in [0.2, 0.25) is 0 Å². The second kappa shape index (κ2) is 7.11. The summed E-state index contributed by atoms with van der Waals surface area (Å²) in [7, 11) is 0. The van der Waals surface area contributed by atoms with Crippen molar-refractivity contribution in [1.29, 1.82) is 0 Å². The minimum atomic E-state index is -0.146. The van der Waals surface area contributed by atoms with Crippen molar-refractivity contribution in [3.05, 3.63) is 40.4 Å². The molecule has 0 atom stereocenters. The van der Waals surface area contributed by atoms with E-state index < -0.39 is 0 Å². The van der Waals surface area contributed by atoms with E-state index in [1.807, 2.05) is 0 Å². The van der Waals surface area contributed by atoms with Gasteiger partial charge in [-0.1, -0.05) is 11.3 Å². The van der Waals surface area contributed by atoms with E-state index in [2.05, 4.69) is 15.6 Å². The summed E-state index contributed by atoms with van der Waals surface area (Å²) in [5, 5.41) is 6.21. The Hall–Kier alpha value is -2.74. The third kappa shape index (κ3) is 4.00. The highest BCUT2D eigenvalue weighted by Crippen LogP contribution is 2.33.